The van der Waals surface area contributed by atoms with Crippen LogP contribution in [0.1, 0.15) is 31.7 Å². The molecule has 1 saturated heterocycles. The Bertz CT molecular complexity index is 405. The summed E-state index contributed by atoms with van der Waals surface area (Å²) in [6, 6.07) is 4.94. The van der Waals surface area contributed by atoms with Gasteiger partial charge in [-0.05, 0) is 50.2 Å². The number of halogens is 1. The fraction of sp³-hybridized carbons (Fsp3) is 0.625. The first-order chi connectivity index (χ1) is 9.78. The molecule has 3 nitrogen and oxygen atoms in total. The predicted octanol–water partition coefficient (Wildman–Crippen LogP) is 2.80. The molecular weight excluding hydrogens is 255 g/mol. The first-order valence-electron chi connectivity index (χ1n) is 7.63. The molecule has 0 spiro atoms. The van der Waals surface area contributed by atoms with Crippen molar-refractivity contribution in [2.45, 2.75) is 32.7 Å². The van der Waals surface area contributed by atoms with Gasteiger partial charge < -0.3 is 10.1 Å². The highest BCUT2D eigenvalue weighted by Gasteiger charge is 2.09. The van der Waals surface area contributed by atoms with Crippen molar-refractivity contribution in [3.05, 3.63) is 29.6 Å². The summed E-state index contributed by atoms with van der Waals surface area (Å²) >= 11 is 0. The van der Waals surface area contributed by atoms with Crippen LogP contribution < -0.4 is 10.1 Å². The molecule has 1 heterocycles. The van der Waals surface area contributed by atoms with Crippen LogP contribution in [0.3, 0.4) is 0 Å². The molecule has 4 heteroatoms. The number of benzene rings is 1. The molecule has 0 unspecified atom stereocenters. The second-order valence-electron chi connectivity index (χ2n) is 5.33. The van der Waals surface area contributed by atoms with Gasteiger partial charge in [-0.25, -0.2) is 4.39 Å². The Morgan fingerprint density at radius 3 is 2.75 bits per heavy atom. The smallest absolute Gasteiger partial charge is 0.127 e. The standard InChI is InChI=1S/C16H25FN2O/c1-2-18-13-14-10-15(17)12-16(11-14)20-9-8-19-6-4-3-5-7-19/h10-12,18H,2-9,13H2,1H3. The maximum atomic E-state index is 13.5. The van der Waals surface area contributed by atoms with Crippen molar-refractivity contribution in [3.8, 4) is 5.75 Å². The molecule has 0 aromatic heterocycles. The highest BCUT2D eigenvalue weighted by molar-refractivity contribution is 5.29. The van der Waals surface area contributed by atoms with Crippen LogP contribution >= 0.6 is 0 Å². The van der Waals surface area contributed by atoms with E-state index in [9.17, 15) is 4.39 Å². The maximum Gasteiger partial charge on any atom is 0.127 e. The van der Waals surface area contributed by atoms with Crippen LogP contribution in [-0.2, 0) is 6.54 Å². The van der Waals surface area contributed by atoms with Crippen LogP contribution in [0, 0.1) is 5.82 Å². The van der Waals surface area contributed by atoms with E-state index in [1.807, 2.05) is 13.0 Å². The zero-order valence-electron chi connectivity index (χ0n) is 12.3. The number of hydrogen-bond donors (Lipinski definition) is 1. The fourth-order valence-electron chi connectivity index (χ4n) is 2.55. The lowest BCUT2D eigenvalue weighted by molar-refractivity contribution is 0.183. The summed E-state index contributed by atoms with van der Waals surface area (Å²) < 4.78 is 19.2. The van der Waals surface area contributed by atoms with Gasteiger partial charge in [0.2, 0.25) is 0 Å². The van der Waals surface area contributed by atoms with Crippen molar-refractivity contribution in [1.82, 2.24) is 10.2 Å². The molecule has 1 N–H and O–H groups in total. The predicted molar refractivity (Wildman–Crippen MR) is 79.6 cm³/mol. The minimum Gasteiger partial charge on any atom is -0.492 e. The van der Waals surface area contributed by atoms with E-state index in [4.69, 9.17) is 4.74 Å². The molecule has 1 fully saturated rings. The van der Waals surface area contributed by atoms with E-state index in [-0.39, 0.29) is 5.82 Å². The molecule has 1 aromatic carbocycles. The molecule has 0 bridgehead atoms. The highest BCUT2D eigenvalue weighted by Crippen LogP contribution is 2.17. The van der Waals surface area contributed by atoms with E-state index < -0.39 is 0 Å². The zero-order chi connectivity index (χ0) is 14.2. The summed E-state index contributed by atoms with van der Waals surface area (Å²) in [7, 11) is 0. The van der Waals surface area contributed by atoms with Gasteiger partial charge in [0.05, 0.1) is 0 Å². The normalized spacial score (nSPS) is 16.3. The van der Waals surface area contributed by atoms with Gasteiger partial charge >= 0.3 is 0 Å². The van der Waals surface area contributed by atoms with Crippen molar-refractivity contribution in [3.63, 3.8) is 0 Å². The molecule has 1 aliphatic heterocycles. The number of rotatable bonds is 7. The Hall–Kier alpha value is -1.13. The van der Waals surface area contributed by atoms with Gasteiger partial charge in [-0.2, -0.15) is 0 Å². The number of ether oxygens (including phenoxy) is 1. The maximum absolute atomic E-state index is 13.5. The molecule has 0 amide bonds. The second kappa shape index (κ2) is 8.22. The molecule has 0 aliphatic carbocycles. The molecule has 1 aliphatic rings. The average molecular weight is 280 g/mol. The van der Waals surface area contributed by atoms with Crippen LogP contribution in [-0.4, -0.2) is 37.7 Å². The third-order valence-corrected chi connectivity index (χ3v) is 3.64. The van der Waals surface area contributed by atoms with E-state index in [1.54, 1.807) is 6.07 Å². The van der Waals surface area contributed by atoms with Crippen molar-refractivity contribution in [1.29, 1.82) is 0 Å². The Balaban J connectivity index is 1.80. The Morgan fingerprint density at radius 1 is 1.20 bits per heavy atom. The van der Waals surface area contributed by atoms with E-state index >= 15 is 0 Å². The molecule has 20 heavy (non-hydrogen) atoms. The third kappa shape index (κ3) is 5.10. The van der Waals surface area contributed by atoms with Gasteiger partial charge in [0, 0.05) is 19.2 Å². The van der Waals surface area contributed by atoms with Crippen LogP contribution in [0.25, 0.3) is 0 Å². The van der Waals surface area contributed by atoms with E-state index in [0.29, 0.717) is 18.9 Å². The van der Waals surface area contributed by atoms with Crippen LogP contribution in [0.15, 0.2) is 18.2 Å². The Labute approximate surface area is 121 Å². The van der Waals surface area contributed by atoms with E-state index in [2.05, 4.69) is 10.2 Å². The summed E-state index contributed by atoms with van der Waals surface area (Å²) in [6.07, 6.45) is 3.91. The number of nitrogens with one attached hydrogen (secondary N) is 1. The SMILES string of the molecule is CCNCc1cc(F)cc(OCCN2CCCCC2)c1. The quantitative estimate of drug-likeness (QED) is 0.831. The number of hydrogen-bond acceptors (Lipinski definition) is 3. The van der Waals surface area contributed by atoms with Gasteiger partial charge in [0.1, 0.15) is 18.2 Å². The van der Waals surface area contributed by atoms with Gasteiger partial charge in [0.15, 0.2) is 0 Å². The molecule has 0 radical (unpaired) electrons. The monoisotopic (exact) mass is 280 g/mol. The molecule has 1 aromatic rings. The molecule has 112 valence electrons. The number of nitrogens with zero attached hydrogens (tertiary/aromatic N) is 1. The third-order valence-electron chi connectivity index (χ3n) is 3.64. The molecule has 0 saturated carbocycles. The summed E-state index contributed by atoms with van der Waals surface area (Å²) in [5.41, 5.74) is 0.930. The average Bonchev–Trinajstić information content (AvgIpc) is 2.46. The van der Waals surface area contributed by atoms with Crippen LogP contribution in [0.4, 0.5) is 4.39 Å². The lowest BCUT2D eigenvalue weighted by Gasteiger charge is -2.26. The topological polar surface area (TPSA) is 24.5 Å². The second-order valence-corrected chi connectivity index (χ2v) is 5.33. The van der Waals surface area contributed by atoms with Crippen molar-refractivity contribution in [2.24, 2.45) is 0 Å². The Kier molecular flexibility index (Phi) is 6.27. The molecular formula is C16H25FN2O. The van der Waals surface area contributed by atoms with Gasteiger partial charge in [-0.15, -0.1) is 0 Å². The van der Waals surface area contributed by atoms with Crippen LogP contribution in [0.2, 0.25) is 0 Å². The van der Waals surface area contributed by atoms with E-state index in [0.717, 1.165) is 31.7 Å². The summed E-state index contributed by atoms with van der Waals surface area (Å²) in [5.74, 6) is 0.406. The zero-order valence-corrected chi connectivity index (χ0v) is 12.3. The Morgan fingerprint density at radius 2 is 2.00 bits per heavy atom. The van der Waals surface area contributed by atoms with E-state index in [1.165, 1.54) is 25.3 Å². The summed E-state index contributed by atoms with van der Waals surface area (Å²) in [5, 5.41) is 3.20. The molecule has 2 rings (SSSR count). The van der Waals surface area contributed by atoms with Crippen LogP contribution in [0.5, 0.6) is 5.75 Å². The molecule has 0 atom stereocenters. The lowest BCUT2D eigenvalue weighted by Crippen LogP contribution is -2.33. The van der Waals surface area contributed by atoms with Gasteiger partial charge in [-0.1, -0.05) is 13.3 Å². The summed E-state index contributed by atoms with van der Waals surface area (Å²) in [4.78, 5) is 2.42. The first-order valence-corrected chi connectivity index (χ1v) is 7.63. The van der Waals surface area contributed by atoms with Gasteiger partial charge in [-0.3, -0.25) is 4.90 Å². The van der Waals surface area contributed by atoms with Crippen molar-refractivity contribution in [2.75, 3.05) is 32.8 Å². The fourth-order valence-corrected chi connectivity index (χ4v) is 2.55. The lowest BCUT2D eigenvalue weighted by atomic mass is 10.1. The number of piperidine rings is 1. The first kappa shape index (κ1) is 15.3. The van der Waals surface area contributed by atoms with Gasteiger partial charge in [0.25, 0.3) is 0 Å². The minimum absolute atomic E-state index is 0.228. The summed E-state index contributed by atoms with van der Waals surface area (Å²) in [6.45, 7) is 7.48. The highest BCUT2D eigenvalue weighted by atomic mass is 19.1. The largest absolute Gasteiger partial charge is 0.492 e. The minimum atomic E-state index is -0.228. The van der Waals surface area contributed by atoms with Crippen molar-refractivity contribution < 1.29 is 9.13 Å². The number of likely N-dealkylation sites (tertiary alicyclic amines) is 1. The van der Waals surface area contributed by atoms with Crippen molar-refractivity contribution >= 4 is 0 Å².